The van der Waals surface area contributed by atoms with E-state index in [0.717, 1.165) is 5.52 Å². The molecule has 0 amide bonds. The van der Waals surface area contributed by atoms with Crippen molar-refractivity contribution in [3.05, 3.63) is 12.5 Å². The van der Waals surface area contributed by atoms with Crippen LogP contribution in [0.1, 0.15) is 0 Å². The standard InChI is InChI=1S/C6H8N6/c1-12(7)6-8-2-4-5(11-6)10-3-9-4/h2-3H,7H2,1H3,(H,8,9,10,11). The van der Waals surface area contributed by atoms with E-state index in [1.807, 2.05) is 0 Å². The molecule has 6 heteroatoms. The van der Waals surface area contributed by atoms with Crippen LogP contribution in [-0.2, 0) is 0 Å². The summed E-state index contributed by atoms with van der Waals surface area (Å²) in [5.41, 5.74) is 1.43. The molecule has 12 heavy (non-hydrogen) atoms. The number of aromatic amines is 1. The first kappa shape index (κ1) is 6.99. The van der Waals surface area contributed by atoms with E-state index in [1.54, 1.807) is 19.6 Å². The molecule has 2 heterocycles. The van der Waals surface area contributed by atoms with Gasteiger partial charge in [-0.2, -0.15) is 4.98 Å². The maximum absolute atomic E-state index is 5.44. The van der Waals surface area contributed by atoms with Crippen LogP contribution < -0.4 is 10.9 Å². The number of aromatic nitrogens is 4. The number of hydrogen-bond acceptors (Lipinski definition) is 5. The zero-order valence-corrected chi connectivity index (χ0v) is 6.52. The Kier molecular flexibility index (Phi) is 1.41. The van der Waals surface area contributed by atoms with Crippen LogP contribution in [0.25, 0.3) is 11.2 Å². The van der Waals surface area contributed by atoms with Crippen molar-refractivity contribution in [2.75, 3.05) is 12.1 Å². The Morgan fingerprint density at radius 3 is 3.08 bits per heavy atom. The molecule has 0 fully saturated rings. The van der Waals surface area contributed by atoms with Crippen molar-refractivity contribution in [2.45, 2.75) is 0 Å². The lowest BCUT2D eigenvalue weighted by molar-refractivity contribution is 0.938. The SMILES string of the molecule is CN(N)c1ncc2[nH]cnc2n1. The lowest BCUT2D eigenvalue weighted by Gasteiger charge is -2.07. The average molecular weight is 164 g/mol. The van der Waals surface area contributed by atoms with E-state index in [-0.39, 0.29) is 0 Å². The highest BCUT2D eigenvalue weighted by Gasteiger charge is 2.02. The summed E-state index contributed by atoms with van der Waals surface area (Å²) in [5, 5.41) is 1.34. The second kappa shape index (κ2) is 2.42. The maximum Gasteiger partial charge on any atom is 0.241 e. The molecular weight excluding hydrogens is 156 g/mol. The first-order valence-corrected chi connectivity index (χ1v) is 3.42. The lowest BCUT2D eigenvalue weighted by atomic mass is 10.6. The van der Waals surface area contributed by atoms with E-state index in [1.165, 1.54) is 5.01 Å². The van der Waals surface area contributed by atoms with Gasteiger partial charge in [-0.25, -0.2) is 15.8 Å². The molecule has 0 atom stereocenters. The predicted molar refractivity (Wildman–Crippen MR) is 44.3 cm³/mol. The molecule has 0 unspecified atom stereocenters. The van der Waals surface area contributed by atoms with Crippen LogP contribution in [0.3, 0.4) is 0 Å². The highest BCUT2D eigenvalue weighted by atomic mass is 15.4. The number of anilines is 1. The second-order valence-corrected chi connectivity index (χ2v) is 2.42. The molecule has 0 radical (unpaired) electrons. The van der Waals surface area contributed by atoms with Gasteiger partial charge in [-0.05, 0) is 0 Å². The molecule has 0 spiro atoms. The summed E-state index contributed by atoms with van der Waals surface area (Å²) in [4.78, 5) is 14.9. The van der Waals surface area contributed by atoms with Crippen LogP contribution in [-0.4, -0.2) is 27.0 Å². The Balaban J connectivity index is 2.60. The van der Waals surface area contributed by atoms with Crippen molar-refractivity contribution < 1.29 is 0 Å². The number of nitrogens with zero attached hydrogens (tertiary/aromatic N) is 4. The summed E-state index contributed by atoms with van der Waals surface area (Å²) in [7, 11) is 1.67. The maximum atomic E-state index is 5.44. The molecule has 6 nitrogen and oxygen atoms in total. The molecular formula is C6H8N6. The van der Waals surface area contributed by atoms with Gasteiger partial charge in [-0.1, -0.05) is 0 Å². The molecule has 3 N–H and O–H groups in total. The van der Waals surface area contributed by atoms with Gasteiger partial charge in [0, 0.05) is 7.05 Å². The van der Waals surface area contributed by atoms with Crippen LogP contribution in [0, 0.1) is 0 Å². The first-order valence-electron chi connectivity index (χ1n) is 3.42. The quantitative estimate of drug-likeness (QED) is 0.445. The Labute approximate surface area is 68.4 Å². The minimum atomic E-state index is 0.453. The van der Waals surface area contributed by atoms with Gasteiger partial charge in [0.1, 0.15) is 5.52 Å². The van der Waals surface area contributed by atoms with E-state index in [4.69, 9.17) is 5.84 Å². The van der Waals surface area contributed by atoms with Crippen LogP contribution in [0.4, 0.5) is 5.95 Å². The van der Waals surface area contributed by atoms with Gasteiger partial charge in [0.15, 0.2) is 5.65 Å². The summed E-state index contributed by atoms with van der Waals surface area (Å²) in [6.45, 7) is 0. The van der Waals surface area contributed by atoms with Gasteiger partial charge < -0.3 is 4.98 Å². The topological polar surface area (TPSA) is 83.7 Å². The first-order chi connectivity index (χ1) is 5.77. The van der Waals surface area contributed by atoms with Gasteiger partial charge in [-0.3, -0.25) is 5.01 Å². The Hall–Kier alpha value is -1.69. The molecule has 0 aliphatic rings. The second-order valence-electron chi connectivity index (χ2n) is 2.42. The molecule has 0 saturated heterocycles. The summed E-state index contributed by atoms with van der Waals surface area (Å²) < 4.78 is 0. The molecule has 0 aliphatic heterocycles. The average Bonchev–Trinajstić information content (AvgIpc) is 2.49. The highest BCUT2D eigenvalue weighted by molar-refractivity contribution is 5.69. The number of H-pyrrole nitrogens is 1. The van der Waals surface area contributed by atoms with Crippen LogP contribution >= 0.6 is 0 Å². The van der Waals surface area contributed by atoms with Crippen LogP contribution in [0.5, 0.6) is 0 Å². The summed E-state index contributed by atoms with van der Waals surface area (Å²) in [6, 6.07) is 0. The number of rotatable bonds is 1. The highest BCUT2D eigenvalue weighted by Crippen LogP contribution is 2.07. The fraction of sp³-hybridized carbons (Fsp3) is 0.167. The molecule has 2 aromatic rings. The third kappa shape index (κ3) is 0.978. The number of fused-ring (bicyclic) bond motifs is 1. The van der Waals surface area contributed by atoms with Crippen molar-refractivity contribution in [3.63, 3.8) is 0 Å². The smallest absolute Gasteiger partial charge is 0.241 e. The molecule has 2 aromatic heterocycles. The summed E-state index contributed by atoms with van der Waals surface area (Å²) in [6.07, 6.45) is 3.22. The van der Waals surface area contributed by atoms with E-state index in [0.29, 0.717) is 11.6 Å². The van der Waals surface area contributed by atoms with Crippen LogP contribution in [0.15, 0.2) is 12.5 Å². The minimum absolute atomic E-state index is 0.453. The Bertz CT molecular complexity index is 392. The van der Waals surface area contributed by atoms with E-state index in [9.17, 15) is 0 Å². The Morgan fingerprint density at radius 2 is 2.33 bits per heavy atom. The molecule has 0 bridgehead atoms. The number of hydrogen-bond donors (Lipinski definition) is 2. The molecule has 0 aliphatic carbocycles. The fourth-order valence-corrected chi connectivity index (χ4v) is 0.897. The number of nitrogens with two attached hydrogens (primary N) is 1. The van der Waals surface area contributed by atoms with Gasteiger partial charge in [0.2, 0.25) is 5.95 Å². The fourth-order valence-electron chi connectivity index (χ4n) is 0.897. The third-order valence-corrected chi connectivity index (χ3v) is 1.48. The van der Waals surface area contributed by atoms with Crippen LogP contribution in [0.2, 0.25) is 0 Å². The van der Waals surface area contributed by atoms with E-state index in [2.05, 4.69) is 19.9 Å². The number of hydrazine groups is 1. The zero-order chi connectivity index (χ0) is 8.55. The minimum Gasteiger partial charge on any atom is -0.342 e. The number of nitrogens with one attached hydrogen (secondary N) is 1. The van der Waals surface area contributed by atoms with Crippen molar-refractivity contribution in [1.82, 2.24) is 19.9 Å². The monoisotopic (exact) mass is 164 g/mol. The summed E-state index contributed by atoms with van der Waals surface area (Å²) >= 11 is 0. The normalized spacial score (nSPS) is 10.5. The predicted octanol–water partition coefficient (Wildman–Crippen LogP) is -0.337. The van der Waals surface area contributed by atoms with E-state index < -0.39 is 0 Å². The van der Waals surface area contributed by atoms with Gasteiger partial charge >= 0.3 is 0 Å². The van der Waals surface area contributed by atoms with Gasteiger partial charge in [-0.15, -0.1) is 0 Å². The molecule has 0 aromatic carbocycles. The number of imidazole rings is 1. The van der Waals surface area contributed by atoms with Crippen molar-refractivity contribution in [2.24, 2.45) is 5.84 Å². The summed E-state index contributed by atoms with van der Waals surface area (Å²) in [5.74, 6) is 5.90. The largest absolute Gasteiger partial charge is 0.342 e. The van der Waals surface area contributed by atoms with E-state index >= 15 is 0 Å². The molecule has 62 valence electrons. The molecule has 0 saturated carbocycles. The van der Waals surface area contributed by atoms with Gasteiger partial charge in [0.25, 0.3) is 0 Å². The lowest BCUT2D eigenvalue weighted by Crippen LogP contribution is -2.27. The van der Waals surface area contributed by atoms with Crippen molar-refractivity contribution in [1.29, 1.82) is 0 Å². The van der Waals surface area contributed by atoms with Crippen molar-refractivity contribution >= 4 is 17.1 Å². The Morgan fingerprint density at radius 1 is 1.50 bits per heavy atom. The molecule has 2 rings (SSSR count). The van der Waals surface area contributed by atoms with Crippen molar-refractivity contribution in [3.8, 4) is 0 Å². The third-order valence-electron chi connectivity index (χ3n) is 1.48. The van der Waals surface area contributed by atoms with Gasteiger partial charge in [0.05, 0.1) is 12.5 Å². The zero-order valence-electron chi connectivity index (χ0n) is 6.52.